The molecule has 0 aliphatic carbocycles. The van der Waals surface area contributed by atoms with Gasteiger partial charge in [0.1, 0.15) is 5.75 Å². The monoisotopic (exact) mass is 571 g/mol. The zero-order chi connectivity index (χ0) is 28.5. The minimum atomic E-state index is -0.802. The Morgan fingerprint density at radius 2 is 1.64 bits per heavy atom. The van der Waals surface area contributed by atoms with E-state index in [-0.39, 0.29) is 47.9 Å². The maximum atomic E-state index is 13.0. The lowest BCUT2D eigenvalue weighted by molar-refractivity contribution is -0.127. The summed E-state index contributed by atoms with van der Waals surface area (Å²) in [5.41, 5.74) is 6.93. The zero-order valence-electron chi connectivity index (χ0n) is 24.9. The predicted octanol–water partition coefficient (Wildman–Crippen LogP) is 4.57. The third-order valence-corrected chi connectivity index (χ3v) is 7.14. The Hall–Kier alpha value is -1.87. The summed E-state index contributed by atoms with van der Waals surface area (Å²) in [7, 11) is 1.68. The number of rotatable bonds is 20. The van der Waals surface area contributed by atoms with Gasteiger partial charge < -0.3 is 30.9 Å². The Kier molecular flexibility index (Phi) is 19.9. The number of carbonyl (C=O) groups is 2. The highest BCUT2D eigenvalue weighted by atomic mass is 35.5. The number of carbonyl (C=O) groups excluding carboxylic acids is 2. The molecule has 0 radical (unpaired) electrons. The van der Waals surface area contributed by atoms with Gasteiger partial charge in [-0.2, -0.15) is 0 Å². The molecule has 4 unspecified atom stereocenters. The molecular weight excluding hydrogens is 518 g/mol. The summed E-state index contributed by atoms with van der Waals surface area (Å²) >= 11 is 0. The fourth-order valence-electron chi connectivity index (χ4n) is 4.36. The minimum absolute atomic E-state index is 0. The van der Waals surface area contributed by atoms with E-state index in [0.29, 0.717) is 50.5 Å². The lowest BCUT2D eigenvalue weighted by atomic mass is 9.83. The third-order valence-electron chi connectivity index (χ3n) is 7.14. The maximum absolute atomic E-state index is 13.0. The second-order valence-corrected chi connectivity index (χ2v) is 11.0. The Bertz CT molecular complexity index is 809. The van der Waals surface area contributed by atoms with Crippen LogP contribution in [-0.4, -0.2) is 62.5 Å². The van der Waals surface area contributed by atoms with Crippen molar-refractivity contribution in [1.29, 1.82) is 0 Å². The summed E-state index contributed by atoms with van der Waals surface area (Å²) in [4.78, 5) is 25.7. The highest BCUT2D eigenvalue weighted by Gasteiger charge is 2.29. The molecule has 0 bridgehead atoms. The number of hydrogen-bond acceptors (Lipinski definition) is 6. The normalized spacial score (nSPS) is 14.3. The van der Waals surface area contributed by atoms with Crippen LogP contribution in [0, 0.1) is 23.7 Å². The van der Waals surface area contributed by atoms with Gasteiger partial charge in [-0.25, -0.2) is 0 Å². The molecular formula is C30H54ClN3O5. The smallest absolute Gasteiger partial charge is 0.255 e. The highest BCUT2D eigenvalue weighted by Crippen LogP contribution is 2.24. The average molecular weight is 572 g/mol. The number of aliphatic hydroxyl groups excluding tert-OH is 1. The molecule has 9 heteroatoms. The van der Waals surface area contributed by atoms with E-state index in [1.807, 2.05) is 26.0 Å². The summed E-state index contributed by atoms with van der Waals surface area (Å²) in [5, 5.41) is 16.9. The number of hydrogen-bond donors (Lipinski definition) is 4. The van der Waals surface area contributed by atoms with Gasteiger partial charge in [-0.15, -0.1) is 12.4 Å². The second-order valence-electron chi connectivity index (χ2n) is 11.0. The molecule has 0 aliphatic heterocycles. The van der Waals surface area contributed by atoms with Crippen molar-refractivity contribution < 1.29 is 24.2 Å². The maximum Gasteiger partial charge on any atom is 0.255 e. The van der Waals surface area contributed by atoms with E-state index in [9.17, 15) is 14.7 Å². The van der Waals surface area contributed by atoms with E-state index < -0.39 is 12.1 Å². The van der Waals surface area contributed by atoms with Crippen molar-refractivity contribution in [2.45, 2.75) is 85.3 Å². The molecule has 0 spiro atoms. The third kappa shape index (κ3) is 14.4. The van der Waals surface area contributed by atoms with Gasteiger partial charge in [-0.05, 0) is 62.0 Å². The van der Waals surface area contributed by atoms with Gasteiger partial charge >= 0.3 is 0 Å². The molecule has 0 fully saturated rings. The Morgan fingerprint density at radius 1 is 0.974 bits per heavy atom. The average Bonchev–Trinajstić information content (AvgIpc) is 2.88. The molecule has 8 nitrogen and oxygen atoms in total. The van der Waals surface area contributed by atoms with Crippen LogP contribution in [0.4, 0.5) is 0 Å². The van der Waals surface area contributed by atoms with Crippen molar-refractivity contribution in [1.82, 2.24) is 10.6 Å². The summed E-state index contributed by atoms with van der Waals surface area (Å²) in [6.45, 7) is 12.5. The van der Waals surface area contributed by atoms with Crippen molar-refractivity contribution in [2.24, 2.45) is 29.4 Å². The van der Waals surface area contributed by atoms with Gasteiger partial charge in [-0.1, -0.05) is 53.2 Å². The number of para-hydroxylation sites is 1. The first-order chi connectivity index (χ1) is 18.1. The fraction of sp³-hybridized carbons (Fsp3) is 0.733. The van der Waals surface area contributed by atoms with Crippen molar-refractivity contribution in [3.05, 3.63) is 29.8 Å². The molecule has 0 saturated heterocycles. The van der Waals surface area contributed by atoms with Gasteiger partial charge in [-0.3, -0.25) is 9.59 Å². The van der Waals surface area contributed by atoms with Gasteiger partial charge in [0.2, 0.25) is 5.91 Å². The summed E-state index contributed by atoms with van der Waals surface area (Å²) in [5.74, 6) is 0.470. The molecule has 0 aliphatic rings. The molecule has 1 aromatic carbocycles. The molecule has 39 heavy (non-hydrogen) atoms. The molecule has 0 saturated carbocycles. The highest BCUT2D eigenvalue weighted by molar-refractivity contribution is 5.96. The molecule has 5 N–H and O–H groups in total. The van der Waals surface area contributed by atoms with Crippen molar-refractivity contribution in [2.75, 3.05) is 33.4 Å². The number of nitrogens with two attached hydrogens (primary N) is 1. The van der Waals surface area contributed by atoms with Crippen LogP contribution in [0.1, 0.15) is 83.5 Å². The first kappa shape index (κ1) is 37.1. The SMILES string of the molecule is CCCCNC(=O)C(CC(O)C(N)CC(CNC(=O)c1ccccc1OCCCCOC)C(C)C)C(C)C.Cl. The number of halogens is 1. The number of unbranched alkanes of at least 4 members (excludes halogenated alkanes) is 2. The summed E-state index contributed by atoms with van der Waals surface area (Å²) in [6, 6.07) is 6.75. The second kappa shape index (κ2) is 21.0. The largest absolute Gasteiger partial charge is 0.493 e. The number of benzene rings is 1. The molecule has 4 atom stereocenters. The number of aliphatic hydroxyl groups is 1. The van der Waals surface area contributed by atoms with Crippen molar-refractivity contribution in [3.63, 3.8) is 0 Å². The summed E-state index contributed by atoms with van der Waals surface area (Å²) in [6.07, 6.45) is 3.75. The fourth-order valence-corrected chi connectivity index (χ4v) is 4.36. The molecule has 1 rings (SSSR count). The lowest BCUT2D eigenvalue weighted by Gasteiger charge is -2.30. The standard InChI is InChI=1S/C30H53N3O5.ClH/c1-7-8-15-32-30(36)25(22(4)5)19-27(34)26(31)18-23(21(2)3)20-33-29(35)24-13-9-10-14-28(24)38-17-12-11-16-37-6;/h9-10,13-14,21-23,25-27,34H,7-8,11-12,15-20,31H2,1-6H3,(H,32,36)(H,33,35);1H. The number of ether oxygens (including phenoxy) is 2. The van der Waals surface area contributed by atoms with Crippen molar-refractivity contribution >= 4 is 24.2 Å². The van der Waals surface area contributed by atoms with Crippen LogP contribution in [0.15, 0.2) is 24.3 Å². The van der Waals surface area contributed by atoms with Crippen LogP contribution >= 0.6 is 12.4 Å². The van der Waals surface area contributed by atoms with E-state index in [2.05, 4.69) is 31.4 Å². The van der Waals surface area contributed by atoms with Gasteiger partial charge in [0, 0.05) is 38.8 Å². The molecule has 0 aromatic heterocycles. The molecule has 0 heterocycles. The van der Waals surface area contributed by atoms with Gasteiger partial charge in [0.25, 0.3) is 5.91 Å². The Balaban J connectivity index is 0.0000144. The van der Waals surface area contributed by atoms with E-state index in [0.717, 1.165) is 25.7 Å². The summed E-state index contributed by atoms with van der Waals surface area (Å²) < 4.78 is 10.9. The van der Waals surface area contributed by atoms with E-state index >= 15 is 0 Å². The number of amides is 2. The molecule has 1 aromatic rings. The number of methoxy groups -OCH3 is 1. The quantitative estimate of drug-likeness (QED) is 0.170. The predicted molar refractivity (Wildman–Crippen MR) is 160 cm³/mol. The molecule has 226 valence electrons. The minimum Gasteiger partial charge on any atom is -0.493 e. The van der Waals surface area contributed by atoms with Crippen molar-refractivity contribution in [3.8, 4) is 5.75 Å². The first-order valence-electron chi connectivity index (χ1n) is 14.3. The van der Waals surface area contributed by atoms with Crippen LogP contribution in [0.25, 0.3) is 0 Å². The Morgan fingerprint density at radius 3 is 2.26 bits per heavy atom. The van der Waals surface area contributed by atoms with Crippen LogP contribution in [0.2, 0.25) is 0 Å². The van der Waals surface area contributed by atoms with E-state index in [1.165, 1.54) is 0 Å². The van der Waals surface area contributed by atoms with Crippen LogP contribution in [-0.2, 0) is 9.53 Å². The number of nitrogens with one attached hydrogen (secondary N) is 2. The van der Waals surface area contributed by atoms with E-state index in [1.54, 1.807) is 19.2 Å². The van der Waals surface area contributed by atoms with Gasteiger partial charge in [0.15, 0.2) is 0 Å². The van der Waals surface area contributed by atoms with Crippen LogP contribution in [0.5, 0.6) is 5.75 Å². The Labute approximate surface area is 242 Å². The zero-order valence-corrected chi connectivity index (χ0v) is 25.7. The lowest BCUT2D eigenvalue weighted by Crippen LogP contribution is -2.44. The topological polar surface area (TPSA) is 123 Å². The molecule has 2 amide bonds. The van der Waals surface area contributed by atoms with Crippen LogP contribution < -0.4 is 21.1 Å². The first-order valence-corrected chi connectivity index (χ1v) is 14.3. The van der Waals surface area contributed by atoms with E-state index in [4.69, 9.17) is 15.2 Å². The van der Waals surface area contributed by atoms with Crippen LogP contribution in [0.3, 0.4) is 0 Å². The van der Waals surface area contributed by atoms with Gasteiger partial charge in [0.05, 0.1) is 18.3 Å².